The summed E-state index contributed by atoms with van der Waals surface area (Å²) in [5, 5.41) is 6.77. The smallest absolute Gasteiger partial charge is 0.222 e. The topological polar surface area (TPSA) is 45.2 Å². The number of thiazole rings is 1. The van der Waals surface area contributed by atoms with Crippen molar-refractivity contribution in [1.82, 2.24) is 15.2 Å². The van der Waals surface area contributed by atoms with Crippen LogP contribution in [0.25, 0.3) is 0 Å². The number of likely N-dealkylation sites (tertiary alicyclic amines) is 1. The zero-order valence-corrected chi connectivity index (χ0v) is 13.7. The van der Waals surface area contributed by atoms with Crippen molar-refractivity contribution >= 4 is 17.2 Å². The standard InChI is InChI=1S/C15H25N3OS/c1-11(9-18-7-5-6-13(18)19)16-8-12-10-20-14(17-12)15(2,3)4/h10-11,16H,5-9H2,1-4H3. The van der Waals surface area contributed by atoms with Crippen molar-refractivity contribution in [1.29, 1.82) is 0 Å². The summed E-state index contributed by atoms with van der Waals surface area (Å²) >= 11 is 1.73. The normalized spacial score (nSPS) is 17.8. The second kappa shape index (κ2) is 6.22. The predicted molar refractivity (Wildman–Crippen MR) is 82.9 cm³/mol. The molecule has 4 nitrogen and oxygen atoms in total. The number of nitrogens with one attached hydrogen (secondary N) is 1. The van der Waals surface area contributed by atoms with Crippen LogP contribution in [0.3, 0.4) is 0 Å². The lowest BCUT2D eigenvalue weighted by Crippen LogP contribution is -2.39. The fourth-order valence-corrected chi connectivity index (χ4v) is 3.21. The number of aromatic nitrogens is 1. The van der Waals surface area contributed by atoms with Crippen molar-refractivity contribution in [3.8, 4) is 0 Å². The van der Waals surface area contributed by atoms with Crippen molar-refractivity contribution in [3.63, 3.8) is 0 Å². The van der Waals surface area contributed by atoms with Gasteiger partial charge < -0.3 is 10.2 Å². The van der Waals surface area contributed by atoms with Crippen LogP contribution >= 0.6 is 11.3 Å². The predicted octanol–water partition coefficient (Wildman–Crippen LogP) is 2.54. The van der Waals surface area contributed by atoms with Gasteiger partial charge in [0.1, 0.15) is 0 Å². The fourth-order valence-electron chi connectivity index (χ4n) is 2.30. The Morgan fingerprint density at radius 3 is 2.80 bits per heavy atom. The highest BCUT2D eigenvalue weighted by molar-refractivity contribution is 7.09. The highest BCUT2D eigenvalue weighted by atomic mass is 32.1. The van der Waals surface area contributed by atoms with E-state index < -0.39 is 0 Å². The maximum atomic E-state index is 11.6. The number of nitrogens with zero attached hydrogens (tertiary/aromatic N) is 2. The molecule has 0 aromatic carbocycles. The average Bonchev–Trinajstić information content (AvgIpc) is 2.96. The van der Waals surface area contributed by atoms with Gasteiger partial charge in [0.15, 0.2) is 0 Å². The number of hydrogen-bond acceptors (Lipinski definition) is 4. The van der Waals surface area contributed by atoms with E-state index in [1.54, 1.807) is 11.3 Å². The van der Waals surface area contributed by atoms with Crippen molar-refractivity contribution in [2.24, 2.45) is 0 Å². The third-order valence-electron chi connectivity index (χ3n) is 3.49. The van der Waals surface area contributed by atoms with Crippen LogP contribution in [-0.4, -0.2) is 34.9 Å². The summed E-state index contributed by atoms with van der Waals surface area (Å²) in [6.45, 7) is 11.2. The molecule has 2 rings (SSSR count). The molecule has 1 aromatic heterocycles. The second-order valence-electron chi connectivity index (χ2n) is 6.62. The Balaban J connectivity index is 1.79. The van der Waals surface area contributed by atoms with Gasteiger partial charge in [-0.1, -0.05) is 20.8 Å². The average molecular weight is 295 g/mol. The van der Waals surface area contributed by atoms with Crippen LogP contribution < -0.4 is 5.32 Å². The van der Waals surface area contributed by atoms with Gasteiger partial charge in [0.25, 0.3) is 0 Å². The third-order valence-corrected chi connectivity index (χ3v) is 4.81. The zero-order valence-electron chi connectivity index (χ0n) is 12.9. The van der Waals surface area contributed by atoms with Crippen LogP contribution in [-0.2, 0) is 16.8 Å². The van der Waals surface area contributed by atoms with E-state index in [2.05, 4.69) is 43.4 Å². The number of hydrogen-bond donors (Lipinski definition) is 1. The fraction of sp³-hybridized carbons (Fsp3) is 0.733. The molecule has 0 saturated carbocycles. The zero-order chi connectivity index (χ0) is 14.8. The second-order valence-corrected chi connectivity index (χ2v) is 7.48. The van der Waals surface area contributed by atoms with E-state index >= 15 is 0 Å². The Hall–Kier alpha value is -0.940. The quantitative estimate of drug-likeness (QED) is 0.908. The van der Waals surface area contributed by atoms with Gasteiger partial charge in [-0.05, 0) is 13.3 Å². The molecule has 1 aliphatic heterocycles. The number of amides is 1. The van der Waals surface area contributed by atoms with Gasteiger partial charge >= 0.3 is 0 Å². The van der Waals surface area contributed by atoms with Gasteiger partial charge in [0.2, 0.25) is 5.91 Å². The van der Waals surface area contributed by atoms with Gasteiger partial charge in [0, 0.05) is 42.9 Å². The third kappa shape index (κ3) is 4.03. The summed E-state index contributed by atoms with van der Waals surface area (Å²) in [5.41, 5.74) is 1.22. The molecule has 1 aliphatic rings. The minimum atomic E-state index is 0.122. The van der Waals surface area contributed by atoms with Crippen LogP contribution in [0, 0.1) is 0 Å². The molecule has 0 aliphatic carbocycles. The lowest BCUT2D eigenvalue weighted by molar-refractivity contribution is -0.127. The maximum absolute atomic E-state index is 11.6. The van der Waals surface area contributed by atoms with Crippen LogP contribution in [0.1, 0.15) is 51.2 Å². The SMILES string of the molecule is CC(CN1CCCC1=O)NCc1csc(C(C)(C)C)n1. The number of carbonyl (C=O) groups is 1. The Morgan fingerprint density at radius 1 is 1.50 bits per heavy atom. The number of carbonyl (C=O) groups excluding carboxylic acids is 1. The van der Waals surface area contributed by atoms with Gasteiger partial charge in [-0.15, -0.1) is 11.3 Å². The molecule has 1 saturated heterocycles. The summed E-state index contributed by atoms with van der Waals surface area (Å²) in [4.78, 5) is 18.2. The monoisotopic (exact) mass is 295 g/mol. The van der Waals surface area contributed by atoms with Crippen molar-refractivity contribution in [3.05, 3.63) is 16.1 Å². The molecule has 1 aromatic rings. The highest BCUT2D eigenvalue weighted by Crippen LogP contribution is 2.25. The van der Waals surface area contributed by atoms with Crippen LogP contribution in [0.15, 0.2) is 5.38 Å². The minimum absolute atomic E-state index is 0.122. The molecular formula is C15H25N3OS. The van der Waals surface area contributed by atoms with Crippen molar-refractivity contribution in [2.45, 2.75) is 58.5 Å². The van der Waals surface area contributed by atoms with Gasteiger partial charge in [-0.2, -0.15) is 0 Å². The van der Waals surface area contributed by atoms with E-state index in [-0.39, 0.29) is 5.41 Å². The van der Waals surface area contributed by atoms with Crippen molar-refractivity contribution < 1.29 is 4.79 Å². The van der Waals surface area contributed by atoms with Gasteiger partial charge in [-0.25, -0.2) is 4.98 Å². The first-order chi connectivity index (χ1) is 9.36. The van der Waals surface area contributed by atoms with E-state index in [1.807, 2.05) is 4.90 Å². The first-order valence-corrected chi connectivity index (χ1v) is 8.20. The minimum Gasteiger partial charge on any atom is -0.341 e. The Bertz CT molecular complexity index is 464. The summed E-state index contributed by atoms with van der Waals surface area (Å²) in [6, 6.07) is 0.303. The number of rotatable bonds is 5. The van der Waals surface area contributed by atoms with E-state index in [0.29, 0.717) is 18.4 Å². The molecule has 2 heterocycles. The molecule has 0 radical (unpaired) electrons. The Labute approximate surface area is 125 Å². The molecule has 1 N–H and O–H groups in total. The van der Waals surface area contributed by atoms with E-state index in [1.165, 1.54) is 5.01 Å². The molecule has 0 spiro atoms. The Morgan fingerprint density at radius 2 is 2.25 bits per heavy atom. The van der Waals surface area contributed by atoms with Gasteiger partial charge in [-0.3, -0.25) is 4.79 Å². The molecule has 20 heavy (non-hydrogen) atoms. The summed E-state index contributed by atoms with van der Waals surface area (Å²) in [6.07, 6.45) is 1.72. The molecule has 1 amide bonds. The van der Waals surface area contributed by atoms with Crippen LogP contribution in [0.2, 0.25) is 0 Å². The summed E-state index contributed by atoms with van der Waals surface area (Å²) in [7, 11) is 0. The lowest BCUT2D eigenvalue weighted by atomic mass is 9.98. The lowest BCUT2D eigenvalue weighted by Gasteiger charge is -2.21. The maximum Gasteiger partial charge on any atom is 0.222 e. The molecule has 112 valence electrons. The molecule has 0 bridgehead atoms. The summed E-state index contributed by atoms with van der Waals surface area (Å²) < 4.78 is 0. The molecule has 5 heteroatoms. The largest absolute Gasteiger partial charge is 0.341 e. The molecule has 1 atom stereocenters. The first kappa shape index (κ1) is 15.4. The van der Waals surface area contributed by atoms with Crippen LogP contribution in [0.4, 0.5) is 0 Å². The van der Waals surface area contributed by atoms with E-state index in [4.69, 9.17) is 0 Å². The Kier molecular flexibility index (Phi) is 4.81. The summed E-state index contributed by atoms with van der Waals surface area (Å²) in [5.74, 6) is 0.294. The van der Waals surface area contributed by atoms with Gasteiger partial charge in [0.05, 0.1) is 10.7 Å². The first-order valence-electron chi connectivity index (χ1n) is 7.32. The highest BCUT2D eigenvalue weighted by Gasteiger charge is 2.22. The molecular weight excluding hydrogens is 270 g/mol. The van der Waals surface area contributed by atoms with E-state index in [9.17, 15) is 4.79 Å². The van der Waals surface area contributed by atoms with E-state index in [0.717, 1.165) is 31.7 Å². The molecule has 1 fully saturated rings. The van der Waals surface area contributed by atoms with Crippen molar-refractivity contribution in [2.75, 3.05) is 13.1 Å². The van der Waals surface area contributed by atoms with Crippen LogP contribution in [0.5, 0.6) is 0 Å². The molecule has 1 unspecified atom stereocenters.